The van der Waals surface area contributed by atoms with Crippen molar-refractivity contribution in [2.75, 3.05) is 6.54 Å². The monoisotopic (exact) mass is 237 g/mol. The highest BCUT2D eigenvalue weighted by molar-refractivity contribution is 6.05. The van der Waals surface area contributed by atoms with Crippen LogP contribution in [0.5, 0.6) is 0 Å². The van der Waals surface area contributed by atoms with Gasteiger partial charge in [0.05, 0.1) is 0 Å². The smallest absolute Gasteiger partial charge is 0.346 e. The van der Waals surface area contributed by atoms with E-state index < -0.39 is 0 Å². The first-order valence-electron chi connectivity index (χ1n) is 6.80. The third kappa shape index (κ3) is 1.94. The molecule has 1 saturated carbocycles. The van der Waals surface area contributed by atoms with Gasteiger partial charge in [-0.3, -0.25) is 0 Å². The van der Waals surface area contributed by atoms with Crippen LogP contribution in [0.1, 0.15) is 52.4 Å². The minimum Gasteiger partial charge on any atom is -0.385 e. The maximum atomic E-state index is 11.8. The quantitative estimate of drug-likeness (QED) is 0.802. The molecule has 1 fully saturated rings. The van der Waals surface area contributed by atoms with Crippen LogP contribution in [-0.2, 0) is 0 Å². The molecule has 2 aliphatic rings. The van der Waals surface area contributed by atoms with Crippen molar-refractivity contribution in [1.82, 2.24) is 4.90 Å². The number of carbonyl (C=O) groups excluding carboxylic acids is 1. The van der Waals surface area contributed by atoms with Crippen molar-refractivity contribution in [3.63, 3.8) is 0 Å². The Bertz CT molecular complexity index is 340. The van der Waals surface area contributed by atoms with Gasteiger partial charge in [-0.15, -0.1) is 0 Å². The van der Waals surface area contributed by atoms with Crippen molar-refractivity contribution in [2.24, 2.45) is 16.6 Å². The fraction of sp³-hybridized carbons (Fsp3) is 0.846. The van der Waals surface area contributed by atoms with Crippen LogP contribution in [0.15, 0.2) is 4.99 Å². The number of rotatable bonds is 2. The SMILES string of the molecule is CCC1CCCC2(CC1)C(N)=NC(=O)N2CC. The van der Waals surface area contributed by atoms with E-state index >= 15 is 0 Å². The largest absolute Gasteiger partial charge is 0.385 e. The first-order chi connectivity index (χ1) is 8.14. The molecule has 1 aliphatic carbocycles. The Morgan fingerprint density at radius 3 is 2.82 bits per heavy atom. The zero-order valence-electron chi connectivity index (χ0n) is 10.9. The molecule has 1 heterocycles. The average molecular weight is 237 g/mol. The number of likely N-dealkylation sites (N-methyl/N-ethyl adjacent to an activating group) is 1. The number of urea groups is 1. The molecule has 1 spiro atoms. The first-order valence-corrected chi connectivity index (χ1v) is 6.80. The van der Waals surface area contributed by atoms with E-state index in [2.05, 4.69) is 11.9 Å². The fourth-order valence-electron chi connectivity index (χ4n) is 3.36. The third-order valence-electron chi connectivity index (χ3n) is 4.50. The fourth-order valence-corrected chi connectivity index (χ4v) is 3.36. The molecule has 4 heteroatoms. The molecular weight excluding hydrogens is 214 g/mol. The minimum absolute atomic E-state index is 0.139. The molecule has 0 radical (unpaired) electrons. The molecule has 2 rings (SSSR count). The Balaban J connectivity index is 2.22. The van der Waals surface area contributed by atoms with E-state index in [1.807, 2.05) is 11.8 Å². The van der Waals surface area contributed by atoms with Crippen molar-refractivity contribution >= 4 is 11.9 Å². The van der Waals surface area contributed by atoms with Gasteiger partial charge in [0.1, 0.15) is 11.4 Å². The summed E-state index contributed by atoms with van der Waals surface area (Å²) in [7, 11) is 0. The standard InChI is InChI=1S/C13H23N3O/c1-3-10-6-5-8-13(9-7-10)11(14)15-12(17)16(13)4-2/h10H,3-9H2,1-2H3,(H2,14,15,17). The Morgan fingerprint density at radius 1 is 1.41 bits per heavy atom. The van der Waals surface area contributed by atoms with E-state index in [9.17, 15) is 4.79 Å². The van der Waals surface area contributed by atoms with Gasteiger partial charge in [-0.1, -0.05) is 26.2 Å². The van der Waals surface area contributed by atoms with Gasteiger partial charge in [0.2, 0.25) is 0 Å². The number of carbonyl (C=O) groups is 1. The number of hydrogen-bond acceptors (Lipinski definition) is 2. The lowest BCUT2D eigenvalue weighted by atomic mass is 9.87. The molecule has 17 heavy (non-hydrogen) atoms. The van der Waals surface area contributed by atoms with Crippen molar-refractivity contribution < 1.29 is 4.79 Å². The highest BCUT2D eigenvalue weighted by Crippen LogP contribution is 2.38. The summed E-state index contributed by atoms with van der Waals surface area (Å²) < 4.78 is 0. The van der Waals surface area contributed by atoms with Crippen LogP contribution in [0.25, 0.3) is 0 Å². The lowest BCUT2D eigenvalue weighted by Crippen LogP contribution is -2.53. The minimum atomic E-state index is -0.254. The van der Waals surface area contributed by atoms with Gasteiger partial charge in [-0.05, 0) is 32.1 Å². The Kier molecular flexibility index (Phi) is 3.40. The number of amidine groups is 1. The predicted octanol–water partition coefficient (Wildman–Crippen LogP) is 2.53. The summed E-state index contributed by atoms with van der Waals surface area (Å²) in [6.07, 6.45) is 6.78. The number of hydrogen-bond donors (Lipinski definition) is 1. The van der Waals surface area contributed by atoms with Gasteiger partial charge < -0.3 is 10.6 Å². The predicted molar refractivity (Wildman–Crippen MR) is 69.0 cm³/mol. The van der Waals surface area contributed by atoms with Gasteiger partial charge in [0.15, 0.2) is 0 Å². The Hall–Kier alpha value is -1.06. The van der Waals surface area contributed by atoms with Crippen LogP contribution < -0.4 is 5.73 Å². The second kappa shape index (κ2) is 4.67. The van der Waals surface area contributed by atoms with Gasteiger partial charge in [0, 0.05) is 6.54 Å². The van der Waals surface area contributed by atoms with E-state index in [1.54, 1.807) is 0 Å². The molecule has 2 atom stereocenters. The van der Waals surface area contributed by atoms with Crippen LogP contribution in [0.2, 0.25) is 0 Å². The lowest BCUT2D eigenvalue weighted by Gasteiger charge is -2.36. The second-order valence-corrected chi connectivity index (χ2v) is 5.26. The molecule has 0 aromatic carbocycles. The number of aliphatic imine (C=N–C) groups is 1. The van der Waals surface area contributed by atoms with E-state index in [1.165, 1.54) is 12.8 Å². The summed E-state index contributed by atoms with van der Waals surface area (Å²) >= 11 is 0. The molecular formula is C13H23N3O. The van der Waals surface area contributed by atoms with Gasteiger partial charge in [0.25, 0.3) is 0 Å². The maximum absolute atomic E-state index is 11.8. The van der Waals surface area contributed by atoms with Crippen LogP contribution >= 0.6 is 0 Å². The molecule has 0 bridgehead atoms. The van der Waals surface area contributed by atoms with Crippen molar-refractivity contribution in [3.8, 4) is 0 Å². The van der Waals surface area contributed by atoms with E-state index in [4.69, 9.17) is 5.73 Å². The number of nitrogens with zero attached hydrogens (tertiary/aromatic N) is 2. The molecule has 2 N–H and O–H groups in total. The van der Waals surface area contributed by atoms with E-state index in [0.717, 1.165) is 31.6 Å². The van der Waals surface area contributed by atoms with Gasteiger partial charge in [-0.2, -0.15) is 4.99 Å². The van der Waals surface area contributed by atoms with E-state index in [0.29, 0.717) is 12.4 Å². The normalized spacial score (nSPS) is 34.0. The topological polar surface area (TPSA) is 58.7 Å². The Morgan fingerprint density at radius 2 is 2.18 bits per heavy atom. The molecule has 0 saturated heterocycles. The highest BCUT2D eigenvalue weighted by atomic mass is 16.2. The number of nitrogens with two attached hydrogens (primary N) is 1. The lowest BCUT2D eigenvalue weighted by molar-refractivity contribution is 0.164. The third-order valence-corrected chi connectivity index (χ3v) is 4.50. The van der Waals surface area contributed by atoms with Crippen LogP contribution in [0, 0.1) is 5.92 Å². The summed E-state index contributed by atoms with van der Waals surface area (Å²) in [6.45, 7) is 4.97. The van der Waals surface area contributed by atoms with E-state index in [-0.39, 0.29) is 11.6 Å². The maximum Gasteiger partial charge on any atom is 0.346 e. The zero-order valence-corrected chi connectivity index (χ0v) is 10.9. The Labute approximate surface area is 103 Å². The molecule has 0 aromatic rings. The van der Waals surface area contributed by atoms with Crippen LogP contribution in [-0.4, -0.2) is 28.9 Å². The van der Waals surface area contributed by atoms with Crippen LogP contribution in [0.3, 0.4) is 0 Å². The van der Waals surface area contributed by atoms with Crippen molar-refractivity contribution in [1.29, 1.82) is 0 Å². The van der Waals surface area contributed by atoms with Crippen LogP contribution in [0.4, 0.5) is 4.79 Å². The van der Waals surface area contributed by atoms with Gasteiger partial charge in [-0.25, -0.2) is 4.79 Å². The van der Waals surface area contributed by atoms with Crippen molar-refractivity contribution in [2.45, 2.75) is 57.9 Å². The summed E-state index contributed by atoms with van der Waals surface area (Å²) in [6, 6.07) is -0.139. The number of amides is 2. The summed E-state index contributed by atoms with van der Waals surface area (Å²) in [5.41, 5.74) is 5.79. The molecule has 2 amide bonds. The first kappa shape index (κ1) is 12.4. The zero-order chi connectivity index (χ0) is 12.5. The molecule has 2 unspecified atom stereocenters. The highest BCUT2D eigenvalue weighted by Gasteiger charge is 2.47. The molecule has 1 aliphatic heterocycles. The summed E-state index contributed by atoms with van der Waals surface area (Å²) in [5.74, 6) is 1.35. The van der Waals surface area contributed by atoms with Gasteiger partial charge >= 0.3 is 6.03 Å². The van der Waals surface area contributed by atoms with Crippen molar-refractivity contribution in [3.05, 3.63) is 0 Å². The average Bonchev–Trinajstić information content (AvgIpc) is 2.48. The molecule has 0 aromatic heterocycles. The molecule has 96 valence electrons. The summed E-state index contributed by atoms with van der Waals surface area (Å²) in [5, 5.41) is 0. The molecule has 4 nitrogen and oxygen atoms in total. The second-order valence-electron chi connectivity index (χ2n) is 5.26. The summed E-state index contributed by atoms with van der Waals surface area (Å²) in [4.78, 5) is 17.7.